The van der Waals surface area contributed by atoms with Crippen LogP contribution in [0.2, 0.25) is 0 Å². The van der Waals surface area contributed by atoms with Crippen LogP contribution in [0.15, 0.2) is 42.5 Å². The van der Waals surface area contributed by atoms with E-state index < -0.39 is 0 Å². The Hall–Kier alpha value is -2.16. The number of hydrogen-bond donors (Lipinski definition) is 0. The van der Waals surface area contributed by atoms with Gasteiger partial charge in [0.15, 0.2) is 0 Å². The minimum atomic E-state index is 0.395. The molecule has 0 saturated carbocycles. The normalized spacial score (nSPS) is 18.6. The first-order valence-electron chi connectivity index (χ1n) is 7.54. The maximum atomic E-state index is 4.60. The Morgan fingerprint density at radius 3 is 2.52 bits per heavy atom. The van der Waals surface area contributed by atoms with E-state index in [-0.39, 0.29) is 0 Å². The molecule has 1 aliphatic heterocycles. The molecule has 0 N–H and O–H groups in total. The molecule has 1 aliphatic rings. The molecule has 3 rings (SSSR count). The molecule has 0 aliphatic carbocycles. The van der Waals surface area contributed by atoms with E-state index in [0.717, 1.165) is 23.9 Å². The highest BCUT2D eigenvalue weighted by Gasteiger charge is 2.24. The fourth-order valence-electron chi connectivity index (χ4n) is 2.86. The molecule has 0 spiro atoms. The number of aromatic nitrogens is 2. The summed E-state index contributed by atoms with van der Waals surface area (Å²) in [7, 11) is 0. The first-order valence-corrected chi connectivity index (χ1v) is 7.54. The van der Waals surface area contributed by atoms with Gasteiger partial charge < -0.3 is 4.90 Å². The van der Waals surface area contributed by atoms with Crippen molar-refractivity contribution in [2.45, 2.75) is 32.7 Å². The summed E-state index contributed by atoms with van der Waals surface area (Å²) in [5, 5.41) is 0. The zero-order chi connectivity index (χ0) is 14.7. The van der Waals surface area contributed by atoms with Crippen LogP contribution in [0.4, 0.5) is 5.95 Å². The molecule has 1 aromatic carbocycles. The van der Waals surface area contributed by atoms with Crippen molar-refractivity contribution in [3.8, 4) is 0 Å². The van der Waals surface area contributed by atoms with Gasteiger partial charge in [-0.1, -0.05) is 42.5 Å². The third-order valence-electron chi connectivity index (χ3n) is 3.84. The maximum absolute atomic E-state index is 4.60. The third-order valence-corrected chi connectivity index (χ3v) is 3.84. The van der Waals surface area contributed by atoms with Gasteiger partial charge in [0.1, 0.15) is 0 Å². The van der Waals surface area contributed by atoms with E-state index >= 15 is 0 Å². The van der Waals surface area contributed by atoms with E-state index in [1.165, 1.54) is 18.4 Å². The van der Waals surface area contributed by atoms with Crippen molar-refractivity contribution in [3.63, 3.8) is 0 Å². The Morgan fingerprint density at radius 1 is 1.10 bits per heavy atom. The molecule has 1 aromatic heterocycles. The summed E-state index contributed by atoms with van der Waals surface area (Å²) in [6.07, 6.45) is 6.84. The third kappa shape index (κ3) is 3.30. The summed E-state index contributed by atoms with van der Waals surface area (Å²) < 4.78 is 0. The van der Waals surface area contributed by atoms with Crippen LogP contribution >= 0.6 is 0 Å². The second-order valence-corrected chi connectivity index (χ2v) is 5.62. The Balaban J connectivity index is 1.81. The minimum Gasteiger partial charge on any atom is -0.334 e. The molecule has 3 nitrogen and oxygen atoms in total. The lowest BCUT2D eigenvalue weighted by molar-refractivity contribution is 0.777. The van der Waals surface area contributed by atoms with Crippen LogP contribution < -0.4 is 4.90 Å². The van der Waals surface area contributed by atoms with Crippen molar-refractivity contribution in [2.24, 2.45) is 0 Å². The topological polar surface area (TPSA) is 29.0 Å². The summed E-state index contributed by atoms with van der Waals surface area (Å²) in [6, 6.07) is 12.9. The average Bonchev–Trinajstić information content (AvgIpc) is 2.93. The number of nitrogens with zero attached hydrogens (tertiary/aromatic N) is 3. The largest absolute Gasteiger partial charge is 0.334 e. The molecule has 21 heavy (non-hydrogen) atoms. The molecule has 0 amide bonds. The standard InChI is InChI=1S/C18H21N3/c1-14-13-15(2)20-18(19-14)21-12-6-9-17(21)11-10-16-7-4-3-5-8-16/h3-5,7-8,10-11,13,17H,6,9,12H2,1-2H3. The van der Waals surface area contributed by atoms with E-state index in [1.807, 2.05) is 26.0 Å². The number of rotatable bonds is 3. The molecule has 1 atom stereocenters. The lowest BCUT2D eigenvalue weighted by Gasteiger charge is -2.22. The lowest BCUT2D eigenvalue weighted by Crippen LogP contribution is -2.29. The molecular weight excluding hydrogens is 258 g/mol. The zero-order valence-electron chi connectivity index (χ0n) is 12.7. The highest BCUT2D eigenvalue weighted by molar-refractivity contribution is 5.51. The van der Waals surface area contributed by atoms with Gasteiger partial charge >= 0.3 is 0 Å². The number of aryl methyl sites for hydroxylation is 2. The first-order chi connectivity index (χ1) is 10.2. The van der Waals surface area contributed by atoms with Crippen molar-refractivity contribution in [1.82, 2.24) is 9.97 Å². The number of hydrogen-bond acceptors (Lipinski definition) is 3. The van der Waals surface area contributed by atoms with Crippen LogP contribution in [-0.2, 0) is 0 Å². The highest BCUT2D eigenvalue weighted by atomic mass is 15.3. The summed E-state index contributed by atoms with van der Waals surface area (Å²) >= 11 is 0. The van der Waals surface area contributed by atoms with Gasteiger partial charge in [0.2, 0.25) is 5.95 Å². The van der Waals surface area contributed by atoms with Gasteiger partial charge in [0, 0.05) is 17.9 Å². The van der Waals surface area contributed by atoms with Gasteiger partial charge in [-0.3, -0.25) is 0 Å². The maximum Gasteiger partial charge on any atom is 0.226 e. The van der Waals surface area contributed by atoms with Gasteiger partial charge in [-0.2, -0.15) is 0 Å². The van der Waals surface area contributed by atoms with Crippen molar-refractivity contribution >= 4 is 12.0 Å². The fourth-order valence-corrected chi connectivity index (χ4v) is 2.86. The Bertz CT molecular complexity index is 614. The number of anilines is 1. The molecule has 2 heterocycles. The van der Waals surface area contributed by atoms with Gasteiger partial charge in [-0.15, -0.1) is 0 Å². The van der Waals surface area contributed by atoms with E-state index in [9.17, 15) is 0 Å². The van der Waals surface area contributed by atoms with Crippen molar-refractivity contribution in [2.75, 3.05) is 11.4 Å². The van der Waals surface area contributed by atoms with Gasteiger partial charge in [-0.05, 0) is 38.3 Å². The fraction of sp³-hybridized carbons (Fsp3) is 0.333. The minimum absolute atomic E-state index is 0.395. The van der Waals surface area contributed by atoms with Crippen molar-refractivity contribution in [3.05, 3.63) is 59.4 Å². The molecule has 3 heteroatoms. The van der Waals surface area contributed by atoms with E-state index in [1.54, 1.807) is 0 Å². The average molecular weight is 279 g/mol. The summed E-state index contributed by atoms with van der Waals surface area (Å²) in [4.78, 5) is 11.5. The lowest BCUT2D eigenvalue weighted by atomic mass is 10.1. The van der Waals surface area contributed by atoms with Gasteiger partial charge in [-0.25, -0.2) is 9.97 Å². The van der Waals surface area contributed by atoms with E-state index in [2.05, 4.69) is 51.3 Å². The van der Waals surface area contributed by atoms with Crippen molar-refractivity contribution in [1.29, 1.82) is 0 Å². The van der Waals surface area contributed by atoms with Crippen LogP contribution in [0, 0.1) is 13.8 Å². The second-order valence-electron chi connectivity index (χ2n) is 5.62. The molecule has 1 saturated heterocycles. The highest BCUT2D eigenvalue weighted by Crippen LogP contribution is 2.24. The predicted molar refractivity (Wildman–Crippen MR) is 87.4 cm³/mol. The first kappa shape index (κ1) is 13.8. The number of benzene rings is 1. The zero-order valence-corrected chi connectivity index (χ0v) is 12.7. The molecule has 108 valence electrons. The Morgan fingerprint density at radius 2 is 1.81 bits per heavy atom. The molecular formula is C18H21N3. The monoisotopic (exact) mass is 279 g/mol. The molecule has 1 unspecified atom stereocenters. The Kier molecular flexibility index (Phi) is 4.00. The van der Waals surface area contributed by atoms with E-state index in [0.29, 0.717) is 6.04 Å². The summed E-state index contributed by atoms with van der Waals surface area (Å²) in [6.45, 7) is 5.10. The summed E-state index contributed by atoms with van der Waals surface area (Å²) in [5.74, 6) is 0.868. The molecule has 1 fully saturated rings. The van der Waals surface area contributed by atoms with E-state index in [4.69, 9.17) is 0 Å². The summed E-state index contributed by atoms with van der Waals surface area (Å²) in [5.41, 5.74) is 3.32. The van der Waals surface area contributed by atoms with Crippen LogP contribution in [0.1, 0.15) is 29.8 Å². The molecule has 0 radical (unpaired) electrons. The van der Waals surface area contributed by atoms with Crippen LogP contribution in [0.25, 0.3) is 6.08 Å². The molecule has 0 bridgehead atoms. The molecule has 2 aromatic rings. The van der Waals surface area contributed by atoms with Gasteiger partial charge in [0.05, 0.1) is 6.04 Å². The van der Waals surface area contributed by atoms with Crippen molar-refractivity contribution < 1.29 is 0 Å². The SMILES string of the molecule is Cc1cc(C)nc(N2CCCC2C=Cc2ccccc2)n1. The predicted octanol–water partition coefficient (Wildman–Crippen LogP) is 3.78. The van der Waals surface area contributed by atoms with Gasteiger partial charge in [0.25, 0.3) is 0 Å². The quantitative estimate of drug-likeness (QED) is 0.856. The van der Waals surface area contributed by atoms with Crippen LogP contribution in [0.5, 0.6) is 0 Å². The Labute approximate surface area is 126 Å². The van der Waals surface area contributed by atoms with Crippen LogP contribution in [0.3, 0.4) is 0 Å². The smallest absolute Gasteiger partial charge is 0.226 e. The van der Waals surface area contributed by atoms with Crippen LogP contribution in [-0.4, -0.2) is 22.6 Å². The second kappa shape index (κ2) is 6.08.